The summed E-state index contributed by atoms with van der Waals surface area (Å²) in [6.07, 6.45) is 0.727. The molecule has 1 aliphatic heterocycles. The van der Waals surface area contributed by atoms with Crippen molar-refractivity contribution in [1.82, 2.24) is 4.90 Å². The largest absolute Gasteiger partial charge is 0.336 e. The number of hydrogen-bond acceptors (Lipinski definition) is 3. The van der Waals surface area contributed by atoms with E-state index >= 15 is 0 Å². The number of nitrogens with zero attached hydrogens (tertiary/aromatic N) is 2. The van der Waals surface area contributed by atoms with Gasteiger partial charge in [0.1, 0.15) is 6.54 Å². The number of amides is 1. The fourth-order valence-electron chi connectivity index (χ4n) is 3.63. The van der Waals surface area contributed by atoms with E-state index in [1.54, 1.807) is 29.2 Å². The van der Waals surface area contributed by atoms with Gasteiger partial charge in [-0.1, -0.05) is 65.7 Å². The van der Waals surface area contributed by atoms with Crippen LogP contribution in [0, 0.1) is 0 Å². The van der Waals surface area contributed by atoms with Crippen molar-refractivity contribution in [2.75, 3.05) is 17.4 Å². The van der Waals surface area contributed by atoms with E-state index in [-0.39, 0.29) is 28.1 Å². The highest BCUT2D eigenvalue weighted by Gasteiger charge is 2.31. The zero-order chi connectivity index (χ0) is 22.0. The highest BCUT2D eigenvalue weighted by molar-refractivity contribution is 7.92. The van der Waals surface area contributed by atoms with E-state index < -0.39 is 10.0 Å². The number of anilines is 1. The Bertz CT molecular complexity index is 1220. The molecular formula is C23H20Cl2N2O3S. The van der Waals surface area contributed by atoms with Crippen molar-refractivity contribution in [2.45, 2.75) is 17.9 Å². The van der Waals surface area contributed by atoms with Crippen LogP contribution in [0.2, 0.25) is 10.0 Å². The van der Waals surface area contributed by atoms with Crippen LogP contribution in [0.25, 0.3) is 0 Å². The van der Waals surface area contributed by atoms with Crippen LogP contribution in [0.5, 0.6) is 0 Å². The van der Waals surface area contributed by atoms with Crippen LogP contribution in [-0.2, 0) is 27.8 Å². The molecule has 1 aliphatic rings. The molecule has 0 aromatic heterocycles. The van der Waals surface area contributed by atoms with Gasteiger partial charge in [0, 0.05) is 18.1 Å². The molecule has 0 bridgehead atoms. The Hall–Kier alpha value is -2.54. The summed E-state index contributed by atoms with van der Waals surface area (Å²) in [7, 11) is -4.04. The Morgan fingerprint density at radius 2 is 1.61 bits per heavy atom. The first-order valence-electron chi connectivity index (χ1n) is 9.73. The van der Waals surface area contributed by atoms with Crippen LogP contribution in [-0.4, -0.2) is 32.3 Å². The smallest absolute Gasteiger partial charge is 0.264 e. The van der Waals surface area contributed by atoms with E-state index in [2.05, 4.69) is 6.07 Å². The minimum atomic E-state index is -4.04. The van der Waals surface area contributed by atoms with Crippen molar-refractivity contribution in [1.29, 1.82) is 0 Å². The Kier molecular flexibility index (Phi) is 6.23. The third kappa shape index (κ3) is 4.56. The summed E-state index contributed by atoms with van der Waals surface area (Å²) in [5.74, 6) is -0.301. The first-order chi connectivity index (χ1) is 14.9. The number of fused-ring (bicyclic) bond motifs is 1. The minimum absolute atomic E-state index is 0.0721. The molecular weight excluding hydrogens is 455 g/mol. The van der Waals surface area contributed by atoms with Gasteiger partial charge in [-0.05, 0) is 47.9 Å². The third-order valence-corrected chi connectivity index (χ3v) is 7.60. The molecule has 0 fully saturated rings. The van der Waals surface area contributed by atoms with Gasteiger partial charge in [-0.15, -0.1) is 0 Å². The molecule has 0 N–H and O–H groups in total. The lowest BCUT2D eigenvalue weighted by Gasteiger charge is -2.32. The highest BCUT2D eigenvalue weighted by atomic mass is 35.5. The number of carbonyl (C=O) groups is 1. The predicted molar refractivity (Wildman–Crippen MR) is 123 cm³/mol. The summed E-state index contributed by atoms with van der Waals surface area (Å²) in [6.45, 7) is 0.593. The molecule has 31 heavy (non-hydrogen) atoms. The SMILES string of the molecule is O=C(CN(c1cc(Cl)ccc1Cl)S(=O)(=O)c1ccccc1)N1CCc2ccccc2C1. The topological polar surface area (TPSA) is 57.7 Å². The predicted octanol–water partition coefficient (Wildman–Crippen LogP) is 4.77. The van der Waals surface area contributed by atoms with E-state index in [1.165, 1.54) is 29.8 Å². The Morgan fingerprint density at radius 3 is 2.35 bits per heavy atom. The molecule has 4 rings (SSSR count). The van der Waals surface area contributed by atoms with Crippen molar-refractivity contribution < 1.29 is 13.2 Å². The quantitative estimate of drug-likeness (QED) is 0.534. The molecule has 0 atom stereocenters. The van der Waals surface area contributed by atoms with Gasteiger partial charge < -0.3 is 4.90 Å². The first-order valence-corrected chi connectivity index (χ1v) is 11.9. The zero-order valence-corrected chi connectivity index (χ0v) is 18.9. The second-order valence-corrected chi connectivity index (χ2v) is 9.96. The van der Waals surface area contributed by atoms with Gasteiger partial charge >= 0.3 is 0 Å². The molecule has 8 heteroatoms. The van der Waals surface area contributed by atoms with Gasteiger partial charge in [0.05, 0.1) is 15.6 Å². The molecule has 1 heterocycles. The Morgan fingerprint density at radius 1 is 0.935 bits per heavy atom. The Labute approximate surface area is 191 Å². The van der Waals surface area contributed by atoms with Gasteiger partial charge in [0.2, 0.25) is 5.91 Å². The summed E-state index contributed by atoms with van der Waals surface area (Å²) in [6, 6.07) is 20.5. The first kappa shape index (κ1) is 21.7. The standard InChI is InChI=1S/C23H20Cl2N2O3S/c24-19-10-11-21(25)22(14-19)27(31(29,30)20-8-2-1-3-9-20)16-23(28)26-13-12-17-6-4-5-7-18(17)15-26/h1-11,14H,12-13,15-16H2. The molecule has 3 aromatic carbocycles. The molecule has 0 radical (unpaired) electrons. The number of sulfonamides is 1. The molecule has 1 amide bonds. The normalized spacial score (nSPS) is 13.5. The van der Waals surface area contributed by atoms with Crippen molar-refractivity contribution >= 4 is 44.8 Å². The van der Waals surface area contributed by atoms with E-state index in [9.17, 15) is 13.2 Å². The van der Waals surface area contributed by atoms with Crippen LogP contribution in [0.4, 0.5) is 5.69 Å². The van der Waals surface area contributed by atoms with Gasteiger partial charge in [-0.25, -0.2) is 8.42 Å². The average molecular weight is 475 g/mol. The lowest BCUT2D eigenvalue weighted by Crippen LogP contribution is -2.44. The maximum absolute atomic E-state index is 13.5. The average Bonchev–Trinajstić information content (AvgIpc) is 2.79. The summed E-state index contributed by atoms with van der Waals surface area (Å²) in [5.41, 5.74) is 2.45. The zero-order valence-electron chi connectivity index (χ0n) is 16.5. The fraction of sp³-hybridized carbons (Fsp3) is 0.174. The fourth-order valence-corrected chi connectivity index (χ4v) is 5.51. The Balaban J connectivity index is 1.69. The molecule has 160 valence electrons. The lowest BCUT2D eigenvalue weighted by atomic mass is 10.00. The molecule has 0 aliphatic carbocycles. The summed E-state index contributed by atoms with van der Waals surface area (Å²) >= 11 is 12.5. The molecule has 0 unspecified atom stereocenters. The maximum atomic E-state index is 13.5. The molecule has 0 saturated heterocycles. The van der Waals surface area contributed by atoms with Gasteiger partial charge in [-0.3, -0.25) is 9.10 Å². The summed E-state index contributed by atoms with van der Waals surface area (Å²) < 4.78 is 28.0. The van der Waals surface area contributed by atoms with Gasteiger partial charge in [0.15, 0.2) is 0 Å². The van der Waals surface area contributed by atoms with E-state index in [0.717, 1.165) is 16.3 Å². The summed E-state index contributed by atoms with van der Waals surface area (Å²) in [4.78, 5) is 15.0. The highest BCUT2D eigenvalue weighted by Crippen LogP contribution is 2.33. The molecule has 0 spiro atoms. The van der Waals surface area contributed by atoms with Crippen molar-refractivity contribution in [2.24, 2.45) is 0 Å². The molecule has 5 nitrogen and oxygen atoms in total. The van der Waals surface area contributed by atoms with Crippen LogP contribution < -0.4 is 4.31 Å². The third-order valence-electron chi connectivity index (χ3n) is 5.27. The minimum Gasteiger partial charge on any atom is -0.336 e. The van der Waals surface area contributed by atoms with Crippen molar-refractivity contribution in [3.05, 3.63) is 94.0 Å². The number of rotatable bonds is 5. The van der Waals surface area contributed by atoms with E-state index in [1.807, 2.05) is 18.2 Å². The van der Waals surface area contributed by atoms with Crippen molar-refractivity contribution in [3.8, 4) is 0 Å². The second kappa shape index (κ2) is 8.91. The number of halogens is 2. The molecule has 3 aromatic rings. The van der Waals surface area contributed by atoms with E-state index in [0.29, 0.717) is 18.1 Å². The second-order valence-electron chi connectivity index (χ2n) is 7.25. The maximum Gasteiger partial charge on any atom is 0.264 e. The van der Waals surface area contributed by atoms with Crippen LogP contribution in [0.1, 0.15) is 11.1 Å². The summed E-state index contributed by atoms with van der Waals surface area (Å²) in [5, 5.41) is 0.521. The van der Waals surface area contributed by atoms with Gasteiger partial charge in [-0.2, -0.15) is 0 Å². The number of carbonyl (C=O) groups excluding carboxylic acids is 1. The molecule has 0 saturated carbocycles. The number of benzene rings is 3. The van der Waals surface area contributed by atoms with Crippen LogP contribution in [0.3, 0.4) is 0 Å². The van der Waals surface area contributed by atoms with Gasteiger partial charge in [0.25, 0.3) is 10.0 Å². The monoisotopic (exact) mass is 474 g/mol. The van der Waals surface area contributed by atoms with E-state index in [4.69, 9.17) is 23.2 Å². The van der Waals surface area contributed by atoms with Crippen LogP contribution in [0.15, 0.2) is 77.7 Å². The van der Waals surface area contributed by atoms with Crippen LogP contribution >= 0.6 is 23.2 Å². The van der Waals surface area contributed by atoms with Crippen molar-refractivity contribution in [3.63, 3.8) is 0 Å². The lowest BCUT2D eigenvalue weighted by molar-refractivity contribution is -0.130. The number of hydrogen-bond donors (Lipinski definition) is 0.